The Morgan fingerprint density at radius 3 is 2.69 bits per heavy atom. The van der Waals surface area contributed by atoms with Crippen LogP contribution in [0, 0.1) is 6.92 Å². The molecule has 0 spiro atoms. The number of aryl methyl sites for hydroxylation is 1. The molecule has 1 rings (SSSR count). The van der Waals surface area contributed by atoms with Gasteiger partial charge in [-0.25, -0.2) is 4.98 Å². The van der Waals surface area contributed by atoms with E-state index in [1.165, 1.54) is 22.6 Å². The number of carbonyl (C=O) groups is 1. The summed E-state index contributed by atoms with van der Waals surface area (Å²) in [7, 11) is 4.67. The first-order valence-electron chi connectivity index (χ1n) is 4.78. The van der Waals surface area contributed by atoms with E-state index in [0.29, 0.717) is 5.69 Å². The van der Waals surface area contributed by atoms with Gasteiger partial charge in [0.2, 0.25) is 5.91 Å². The molecular formula is C10H15N3O3. The molecule has 1 aromatic rings. The number of amides is 1. The molecule has 0 aliphatic rings. The molecular weight excluding hydrogens is 210 g/mol. The number of aromatic nitrogens is 2. The first-order valence-corrected chi connectivity index (χ1v) is 4.78. The monoisotopic (exact) mass is 225 g/mol. The summed E-state index contributed by atoms with van der Waals surface area (Å²) in [6.45, 7) is 1.63. The molecule has 6 nitrogen and oxygen atoms in total. The summed E-state index contributed by atoms with van der Waals surface area (Å²) in [4.78, 5) is 28.6. The van der Waals surface area contributed by atoms with Crippen LogP contribution in [0.1, 0.15) is 5.69 Å². The molecule has 88 valence electrons. The average Bonchev–Trinajstić information content (AvgIpc) is 2.21. The minimum atomic E-state index is -0.292. The molecule has 0 saturated heterocycles. The number of hydrogen-bond acceptors (Lipinski definition) is 4. The predicted molar refractivity (Wildman–Crippen MR) is 58.5 cm³/mol. The third kappa shape index (κ3) is 2.59. The molecule has 0 atom stereocenters. The number of carbonyl (C=O) groups excluding carboxylic acids is 1. The summed E-state index contributed by atoms with van der Waals surface area (Å²) in [6.07, 6.45) is 0. The Bertz CT molecular complexity index is 451. The van der Waals surface area contributed by atoms with E-state index in [4.69, 9.17) is 4.74 Å². The van der Waals surface area contributed by atoms with E-state index in [9.17, 15) is 9.59 Å². The molecule has 1 heterocycles. The lowest BCUT2D eigenvalue weighted by Gasteiger charge is -2.13. The summed E-state index contributed by atoms with van der Waals surface area (Å²) in [5, 5.41) is 0. The highest BCUT2D eigenvalue weighted by Crippen LogP contribution is 2.04. The van der Waals surface area contributed by atoms with Gasteiger partial charge in [0, 0.05) is 25.9 Å². The zero-order valence-electron chi connectivity index (χ0n) is 9.85. The minimum absolute atomic E-state index is 0.0672. The van der Waals surface area contributed by atoms with Gasteiger partial charge in [0.15, 0.2) is 0 Å². The van der Waals surface area contributed by atoms with Crippen LogP contribution in [0.15, 0.2) is 10.9 Å². The van der Waals surface area contributed by atoms with Gasteiger partial charge in [-0.1, -0.05) is 0 Å². The fourth-order valence-electron chi connectivity index (χ4n) is 1.17. The van der Waals surface area contributed by atoms with Crippen molar-refractivity contribution in [2.45, 2.75) is 13.5 Å². The Morgan fingerprint density at radius 1 is 1.56 bits per heavy atom. The molecule has 0 radical (unpaired) electrons. The normalized spacial score (nSPS) is 10.0. The van der Waals surface area contributed by atoms with Gasteiger partial charge in [-0.2, -0.15) is 0 Å². The number of likely N-dealkylation sites (N-methyl/N-ethyl adjacent to an activating group) is 1. The smallest absolute Gasteiger partial charge is 0.299 e. The standard InChI is InChI=1S/C10H15N3O3/c1-7-5-8(14)13(10(11-7)16-4)6-9(15)12(2)3/h5H,6H2,1-4H3. The Hall–Kier alpha value is -1.85. The molecule has 1 amide bonds. The molecule has 0 aliphatic heterocycles. The van der Waals surface area contributed by atoms with Gasteiger partial charge in [0.25, 0.3) is 11.6 Å². The van der Waals surface area contributed by atoms with Crippen LogP contribution in [-0.2, 0) is 11.3 Å². The maximum absolute atomic E-state index is 11.7. The Balaban J connectivity index is 3.13. The quantitative estimate of drug-likeness (QED) is 0.705. The van der Waals surface area contributed by atoms with Crippen molar-refractivity contribution in [2.24, 2.45) is 0 Å². The lowest BCUT2D eigenvalue weighted by Crippen LogP contribution is -2.32. The van der Waals surface area contributed by atoms with Crippen LogP contribution in [0.2, 0.25) is 0 Å². The Morgan fingerprint density at radius 2 is 2.19 bits per heavy atom. The third-order valence-electron chi connectivity index (χ3n) is 2.08. The summed E-state index contributed by atoms with van der Waals surface area (Å²) >= 11 is 0. The van der Waals surface area contributed by atoms with Crippen LogP contribution in [0.25, 0.3) is 0 Å². The topological polar surface area (TPSA) is 64.4 Å². The fourth-order valence-corrected chi connectivity index (χ4v) is 1.17. The number of ether oxygens (including phenoxy) is 1. The third-order valence-corrected chi connectivity index (χ3v) is 2.08. The van der Waals surface area contributed by atoms with Crippen LogP contribution >= 0.6 is 0 Å². The number of methoxy groups -OCH3 is 1. The van der Waals surface area contributed by atoms with Crippen molar-refractivity contribution in [1.29, 1.82) is 0 Å². The summed E-state index contributed by atoms with van der Waals surface area (Å²) in [6, 6.07) is 1.52. The van der Waals surface area contributed by atoms with Crippen molar-refractivity contribution in [3.63, 3.8) is 0 Å². The van der Waals surface area contributed by atoms with Crippen molar-refractivity contribution in [3.8, 4) is 6.01 Å². The lowest BCUT2D eigenvalue weighted by molar-refractivity contribution is -0.129. The second-order valence-corrected chi connectivity index (χ2v) is 3.60. The Kier molecular flexibility index (Phi) is 3.65. The zero-order chi connectivity index (χ0) is 12.3. The summed E-state index contributed by atoms with van der Waals surface area (Å²) in [5.74, 6) is -0.189. The van der Waals surface area contributed by atoms with E-state index in [1.807, 2.05) is 0 Å². The number of hydrogen-bond donors (Lipinski definition) is 0. The zero-order valence-corrected chi connectivity index (χ0v) is 9.85. The van der Waals surface area contributed by atoms with E-state index in [-0.39, 0.29) is 24.0 Å². The van der Waals surface area contributed by atoms with Crippen molar-refractivity contribution >= 4 is 5.91 Å². The van der Waals surface area contributed by atoms with Crippen molar-refractivity contribution in [3.05, 3.63) is 22.1 Å². The highest BCUT2D eigenvalue weighted by molar-refractivity contribution is 5.75. The average molecular weight is 225 g/mol. The van der Waals surface area contributed by atoms with Crippen LogP contribution in [0.5, 0.6) is 6.01 Å². The van der Waals surface area contributed by atoms with Crippen LogP contribution in [0.3, 0.4) is 0 Å². The largest absolute Gasteiger partial charge is 0.468 e. The van der Waals surface area contributed by atoms with Gasteiger partial charge in [-0.3, -0.25) is 14.2 Å². The second kappa shape index (κ2) is 4.78. The highest BCUT2D eigenvalue weighted by Gasteiger charge is 2.12. The molecule has 0 N–H and O–H groups in total. The van der Waals surface area contributed by atoms with Crippen LogP contribution in [-0.4, -0.2) is 41.6 Å². The van der Waals surface area contributed by atoms with Gasteiger partial charge < -0.3 is 9.64 Å². The molecule has 16 heavy (non-hydrogen) atoms. The van der Waals surface area contributed by atoms with E-state index in [0.717, 1.165) is 0 Å². The van der Waals surface area contributed by atoms with Gasteiger partial charge in [-0.05, 0) is 6.92 Å². The maximum atomic E-state index is 11.7. The lowest BCUT2D eigenvalue weighted by atomic mass is 10.4. The molecule has 1 aromatic heterocycles. The molecule has 0 saturated carbocycles. The van der Waals surface area contributed by atoms with Crippen molar-refractivity contribution in [2.75, 3.05) is 21.2 Å². The van der Waals surface area contributed by atoms with E-state index in [1.54, 1.807) is 21.0 Å². The van der Waals surface area contributed by atoms with Crippen molar-refractivity contribution in [1.82, 2.24) is 14.5 Å². The molecule has 0 aliphatic carbocycles. The number of nitrogens with zero attached hydrogens (tertiary/aromatic N) is 3. The first kappa shape index (κ1) is 12.2. The van der Waals surface area contributed by atoms with E-state index in [2.05, 4.69) is 4.98 Å². The van der Waals surface area contributed by atoms with E-state index < -0.39 is 0 Å². The first-order chi connectivity index (χ1) is 7.45. The van der Waals surface area contributed by atoms with Gasteiger partial charge in [0.1, 0.15) is 6.54 Å². The molecule has 0 aromatic carbocycles. The molecule has 0 bridgehead atoms. The van der Waals surface area contributed by atoms with Gasteiger partial charge >= 0.3 is 0 Å². The van der Waals surface area contributed by atoms with Crippen molar-refractivity contribution < 1.29 is 9.53 Å². The second-order valence-electron chi connectivity index (χ2n) is 3.60. The van der Waals surface area contributed by atoms with Crippen LogP contribution < -0.4 is 10.3 Å². The fraction of sp³-hybridized carbons (Fsp3) is 0.500. The molecule has 0 fully saturated rings. The van der Waals surface area contributed by atoms with Crippen LogP contribution in [0.4, 0.5) is 0 Å². The predicted octanol–water partition coefficient (Wildman–Crippen LogP) is -0.351. The molecule has 0 unspecified atom stereocenters. The Labute approximate surface area is 93.5 Å². The SMILES string of the molecule is COc1nc(C)cc(=O)n1CC(=O)N(C)C. The summed E-state index contributed by atoms with van der Waals surface area (Å²) < 4.78 is 6.17. The van der Waals surface area contributed by atoms with Gasteiger partial charge in [-0.15, -0.1) is 0 Å². The maximum Gasteiger partial charge on any atom is 0.299 e. The van der Waals surface area contributed by atoms with Gasteiger partial charge in [0.05, 0.1) is 7.11 Å². The molecule has 6 heteroatoms. The van der Waals surface area contributed by atoms with E-state index >= 15 is 0 Å². The highest BCUT2D eigenvalue weighted by atomic mass is 16.5. The summed E-state index contributed by atoms with van der Waals surface area (Å²) in [5.41, 5.74) is 0.273. The minimum Gasteiger partial charge on any atom is -0.468 e. The number of rotatable bonds is 3.